The smallest absolute Gasteiger partial charge is 0.151 e. The first-order valence-electron chi connectivity index (χ1n) is 7.35. The number of para-hydroxylation sites is 2. The minimum Gasteiger partial charge on any atom is -0.508 e. The van der Waals surface area contributed by atoms with E-state index in [-0.39, 0.29) is 5.75 Å². The Labute approximate surface area is 132 Å². The molecule has 2 aromatic heterocycles. The molecule has 4 aromatic rings. The van der Waals surface area contributed by atoms with Crippen LogP contribution in [-0.4, -0.2) is 19.8 Å². The Kier molecular flexibility index (Phi) is 2.94. The standard InChI is InChI=1S/C18H15N3O2/c1-11-17(12(2)23-20-11)18-19-15-5-3-4-6-16(15)21(18)13-7-9-14(22)10-8-13/h3-10,22H,1-2H3. The van der Waals surface area contributed by atoms with Gasteiger partial charge in [0.05, 0.1) is 22.3 Å². The third-order valence-electron chi connectivity index (χ3n) is 3.93. The molecule has 5 nitrogen and oxygen atoms in total. The average Bonchev–Trinajstić information content (AvgIpc) is 3.08. The molecule has 5 heteroatoms. The fourth-order valence-electron chi connectivity index (χ4n) is 2.86. The number of fused-ring (bicyclic) bond motifs is 1. The average molecular weight is 305 g/mol. The first-order valence-corrected chi connectivity index (χ1v) is 7.35. The molecule has 2 aromatic carbocycles. The highest BCUT2D eigenvalue weighted by atomic mass is 16.5. The van der Waals surface area contributed by atoms with E-state index < -0.39 is 0 Å². The maximum atomic E-state index is 9.56. The van der Waals surface area contributed by atoms with Crippen molar-refractivity contribution in [2.24, 2.45) is 0 Å². The summed E-state index contributed by atoms with van der Waals surface area (Å²) in [6.45, 7) is 3.79. The highest BCUT2D eigenvalue weighted by Gasteiger charge is 2.20. The number of phenols is 1. The zero-order chi connectivity index (χ0) is 16.0. The zero-order valence-electron chi connectivity index (χ0n) is 12.8. The lowest BCUT2D eigenvalue weighted by Gasteiger charge is -2.09. The van der Waals surface area contributed by atoms with E-state index >= 15 is 0 Å². The highest BCUT2D eigenvalue weighted by Crippen LogP contribution is 2.32. The van der Waals surface area contributed by atoms with Crippen LogP contribution in [-0.2, 0) is 0 Å². The van der Waals surface area contributed by atoms with Gasteiger partial charge in [0.1, 0.15) is 11.5 Å². The van der Waals surface area contributed by atoms with Gasteiger partial charge in [0, 0.05) is 5.69 Å². The summed E-state index contributed by atoms with van der Waals surface area (Å²) in [5, 5.41) is 13.6. The molecule has 0 unspecified atom stereocenters. The molecule has 0 aliphatic carbocycles. The van der Waals surface area contributed by atoms with E-state index in [1.807, 2.05) is 50.2 Å². The number of nitrogens with zero attached hydrogens (tertiary/aromatic N) is 3. The third-order valence-corrected chi connectivity index (χ3v) is 3.93. The van der Waals surface area contributed by atoms with Gasteiger partial charge in [0.2, 0.25) is 0 Å². The van der Waals surface area contributed by atoms with E-state index in [4.69, 9.17) is 9.51 Å². The number of imidazole rings is 1. The molecule has 2 heterocycles. The van der Waals surface area contributed by atoms with E-state index in [0.29, 0.717) is 0 Å². The summed E-state index contributed by atoms with van der Waals surface area (Å²) >= 11 is 0. The number of aromatic hydroxyl groups is 1. The van der Waals surface area contributed by atoms with Crippen LogP contribution in [0.25, 0.3) is 28.1 Å². The number of phenolic OH excluding ortho intramolecular Hbond substituents is 1. The predicted molar refractivity (Wildman–Crippen MR) is 87.7 cm³/mol. The molecule has 0 saturated heterocycles. The molecular formula is C18H15N3O2. The van der Waals surface area contributed by atoms with Gasteiger partial charge in [0.15, 0.2) is 5.82 Å². The van der Waals surface area contributed by atoms with Gasteiger partial charge in [-0.2, -0.15) is 0 Å². The quantitative estimate of drug-likeness (QED) is 0.608. The molecule has 0 radical (unpaired) electrons. The van der Waals surface area contributed by atoms with Gasteiger partial charge in [-0.05, 0) is 50.2 Å². The van der Waals surface area contributed by atoms with Gasteiger partial charge in [-0.15, -0.1) is 0 Å². The maximum absolute atomic E-state index is 9.56. The van der Waals surface area contributed by atoms with Crippen LogP contribution in [0.3, 0.4) is 0 Å². The van der Waals surface area contributed by atoms with Crippen LogP contribution in [0, 0.1) is 13.8 Å². The van der Waals surface area contributed by atoms with E-state index in [9.17, 15) is 5.11 Å². The third kappa shape index (κ3) is 2.09. The van der Waals surface area contributed by atoms with Crippen LogP contribution in [0.15, 0.2) is 53.1 Å². The second kappa shape index (κ2) is 4.98. The lowest BCUT2D eigenvalue weighted by molar-refractivity contribution is 0.393. The molecule has 0 amide bonds. The number of aryl methyl sites for hydroxylation is 2. The molecule has 23 heavy (non-hydrogen) atoms. The largest absolute Gasteiger partial charge is 0.508 e. The van der Waals surface area contributed by atoms with Crippen LogP contribution < -0.4 is 0 Å². The summed E-state index contributed by atoms with van der Waals surface area (Å²) in [4.78, 5) is 4.78. The van der Waals surface area contributed by atoms with Gasteiger partial charge >= 0.3 is 0 Å². The van der Waals surface area contributed by atoms with E-state index in [0.717, 1.165) is 39.6 Å². The van der Waals surface area contributed by atoms with Crippen molar-refractivity contribution in [3.63, 3.8) is 0 Å². The molecule has 1 N–H and O–H groups in total. The zero-order valence-corrected chi connectivity index (χ0v) is 12.8. The van der Waals surface area contributed by atoms with Gasteiger partial charge in [-0.25, -0.2) is 4.98 Å². The molecule has 0 atom stereocenters. The number of aromatic nitrogens is 3. The Morgan fingerprint density at radius 3 is 2.43 bits per heavy atom. The fourth-order valence-corrected chi connectivity index (χ4v) is 2.86. The van der Waals surface area contributed by atoms with E-state index in [1.165, 1.54) is 0 Å². The first kappa shape index (κ1) is 13.6. The maximum Gasteiger partial charge on any atom is 0.151 e. The molecule has 4 rings (SSSR count). The summed E-state index contributed by atoms with van der Waals surface area (Å²) in [7, 11) is 0. The summed E-state index contributed by atoms with van der Waals surface area (Å²) in [5.41, 5.74) is 4.52. The molecule has 0 fully saturated rings. The van der Waals surface area contributed by atoms with Crippen molar-refractivity contribution >= 4 is 11.0 Å². The molecular weight excluding hydrogens is 290 g/mol. The van der Waals surface area contributed by atoms with Crippen LogP contribution in [0.1, 0.15) is 11.5 Å². The Balaban J connectivity index is 2.08. The molecule has 0 spiro atoms. The first-order chi connectivity index (χ1) is 11.1. The SMILES string of the molecule is Cc1noc(C)c1-c1nc2ccccc2n1-c1ccc(O)cc1. The minimum atomic E-state index is 0.233. The Morgan fingerprint density at radius 2 is 1.74 bits per heavy atom. The monoisotopic (exact) mass is 305 g/mol. The molecule has 114 valence electrons. The summed E-state index contributed by atoms with van der Waals surface area (Å²) in [6.07, 6.45) is 0. The molecule has 0 aliphatic rings. The fraction of sp³-hybridized carbons (Fsp3) is 0.111. The number of rotatable bonds is 2. The van der Waals surface area contributed by atoms with Gasteiger partial charge in [0.25, 0.3) is 0 Å². The van der Waals surface area contributed by atoms with Crippen molar-refractivity contribution in [1.29, 1.82) is 0 Å². The van der Waals surface area contributed by atoms with Crippen LogP contribution >= 0.6 is 0 Å². The van der Waals surface area contributed by atoms with E-state index in [1.54, 1.807) is 12.1 Å². The topological polar surface area (TPSA) is 64.1 Å². The number of benzene rings is 2. The minimum absolute atomic E-state index is 0.233. The Morgan fingerprint density at radius 1 is 1.00 bits per heavy atom. The molecule has 0 aliphatic heterocycles. The Bertz CT molecular complexity index is 977. The number of hydrogen-bond acceptors (Lipinski definition) is 4. The van der Waals surface area contributed by atoms with Crippen LogP contribution in [0.5, 0.6) is 5.75 Å². The van der Waals surface area contributed by atoms with Crippen LogP contribution in [0.2, 0.25) is 0 Å². The normalized spacial score (nSPS) is 11.2. The van der Waals surface area contributed by atoms with Crippen LogP contribution in [0.4, 0.5) is 0 Å². The van der Waals surface area contributed by atoms with Crippen molar-refractivity contribution in [1.82, 2.24) is 14.7 Å². The summed E-state index contributed by atoms with van der Waals surface area (Å²) in [6, 6.07) is 15.0. The second-order valence-electron chi connectivity index (χ2n) is 5.48. The van der Waals surface area contributed by atoms with E-state index in [2.05, 4.69) is 9.72 Å². The lowest BCUT2D eigenvalue weighted by Crippen LogP contribution is -1.98. The number of hydrogen-bond donors (Lipinski definition) is 1. The van der Waals surface area contributed by atoms with Gasteiger partial charge in [-0.3, -0.25) is 4.57 Å². The van der Waals surface area contributed by atoms with Crippen molar-refractivity contribution in [3.05, 3.63) is 60.0 Å². The van der Waals surface area contributed by atoms with Crippen molar-refractivity contribution in [2.45, 2.75) is 13.8 Å². The Hall–Kier alpha value is -3.08. The van der Waals surface area contributed by atoms with Gasteiger partial charge < -0.3 is 9.63 Å². The van der Waals surface area contributed by atoms with Crippen molar-refractivity contribution in [2.75, 3.05) is 0 Å². The second-order valence-corrected chi connectivity index (χ2v) is 5.48. The van der Waals surface area contributed by atoms with Gasteiger partial charge in [-0.1, -0.05) is 17.3 Å². The molecule has 0 bridgehead atoms. The molecule has 0 saturated carbocycles. The summed E-state index contributed by atoms with van der Waals surface area (Å²) in [5.74, 6) is 1.75. The lowest BCUT2D eigenvalue weighted by atomic mass is 10.2. The predicted octanol–water partition coefficient (Wildman–Crippen LogP) is 4.00. The highest BCUT2D eigenvalue weighted by molar-refractivity contribution is 5.84. The van der Waals surface area contributed by atoms with Crippen molar-refractivity contribution in [3.8, 4) is 22.8 Å². The van der Waals surface area contributed by atoms with Crippen molar-refractivity contribution < 1.29 is 9.63 Å². The summed E-state index contributed by atoms with van der Waals surface area (Å²) < 4.78 is 7.37.